The summed E-state index contributed by atoms with van der Waals surface area (Å²) in [6.45, 7) is 5.31. The van der Waals surface area contributed by atoms with E-state index in [0.29, 0.717) is 25.3 Å². The standard InChI is InChI=1S/C21H23FN2O2/c1-12-7-15-17(11-26-20(15)8-13(12)2)21(25)24-9-16(19(23)10-24)14-5-3-4-6-18(14)22/h3-8,16-17,19H,9-11,23H2,1-2H3/t16-,17?,19+/m0/s1. The molecule has 0 spiro atoms. The molecule has 1 fully saturated rings. The SMILES string of the molecule is Cc1cc2c(cc1C)C(C(=O)N1C[C@@H](N)[C@H](c3ccccc3F)C1)CO2. The van der Waals surface area contributed by atoms with E-state index in [1.807, 2.05) is 32.0 Å². The van der Waals surface area contributed by atoms with Crippen molar-refractivity contribution in [2.24, 2.45) is 5.73 Å². The van der Waals surface area contributed by atoms with E-state index in [1.54, 1.807) is 17.0 Å². The third kappa shape index (κ3) is 2.76. The van der Waals surface area contributed by atoms with E-state index in [2.05, 4.69) is 0 Å². The quantitative estimate of drug-likeness (QED) is 0.902. The molecule has 1 saturated heterocycles. The van der Waals surface area contributed by atoms with E-state index in [1.165, 1.54) is 6.07 Å². The normalized spacial score (nSPS) is 24.5. The second-order valence-electron chi connectivity index (χ2n) is 7.37. The number of carbonyl (C=O) groups is 1. The fourth-order valence-corrected chi connectivity index (χ4v) is 4.01. The van der Waals surface area contributed by atoms with Crippen molar-refractivity contribution in [2.75, 3.05) is 19.7 Å². The molecule has 2 N–H and O–H groups in total. The van der Waals surface area contributed by atoms with Crippen LogP contribution < -0.4 is 10.5 Å². The van der Waals surface area contributed by atoms with Crippen LogP contribution in [-0.2, 0) is 4.79 Å². The molecule has 2 aromatic rings. The van der Waals surface area contributed by atoms with Crippen LogP contribution >= 0.6 is 0 Å². The second kappa shape index (κ2) is 6.40. The van der Waals surface area contributed by atoms with E-state index in [-0.39, 0.29) is 29.6 Å². The monoisotopic (exact) mass is 354 g/mol. The first-order valence-corrected chi connectivity index (χ1v) is 8.98. The van der Waals surface area contributed by atoms with E-state index in [9.17, 15) is 9.18 Å². The van der Waals surface area contributed by atoms with Crippen molar-refractivity contribution in [1.29, 1.82) is 0 Å². The summed E-state index contributed by atoms with van der Waals surface area (Å²) in [5, 5.41) is 0. The number of rotatable bonds is 2. The van der Waals surface area contributed by atoms with Gasteiger partial charge in [0.1, 0.15) is 24.1 Å². The number of fused-ring (bicyclic) bond motifs is 1. The van der Waals surface area contributed by atoms with Crippen molar-refractivity contribution in [1.82, 2.24) is 4.90 Å². The van der Waals surface area contributed by atoms with Gasteiger partial charge >= 0.3 is 0 Å². The molecular formula is C21H23FN2O2. The van der Waals surface area contributed by atoms with Crippen LogP contribution in [0.3, 0.4) is 0 Å². The van der Waals surface area contributed by atoms with Crippen LogP contribution in [0, 0.1) is 19.7 Å². The maximum atomic E-state index is 14.1. The summed E-state index contributed by atoms with van der Waals surface area (Å²) in [6.07, 6.45) is 0. The molecule has 0 aromatic heterocycles. The Morgan fingerprint density at radius 1 is 1.15 bits per heavy atom. The van der Waals surface area contributed by atoms with Crippen molar-refractivity contribution < 1.29 is 13.9 Å². The van der Waals surface area contributed by atoms with E-state index >= 15 is 0 Å². The zero-order chi connectivity index (χ0) is 18.4. The highest BCUT2D eigenvalue weighted by molar-refractivity contribution is 5.86. The van der Waals surface area contributed by atoms with Crippen molar-refractivity contribution in [2.45, 2.75) is 31.7 Å². The van der Waals surface area contributed by atoms with Gasteiger partial charge in [0, 0.05) is 30.6 Å². The Balaban J connectivity index is 1.56. The molecule has 4 nitrogen and oxygen atoms in total. The highest BCUT2D eigenvalue weighted by Crippen LogP contribution is 2.38. The Kier molecular flexibility index (Phi) is 4.19. The van der Waals surface area contributed by atoms with Crippen LogP contribution in [0.2, 0.25) is 0 Å². The number of aryl methyl sites for hydroxylation is 2. The second-order valence-corrected chi connectivity index (χ2v) is 7.37. The lowest BCUT2D eigenvalue weighted by Crippen LogP contribution is -2.36. The van der Waals surface area contributed by atoms with E-state index in [4.69, 9.17) is 10.5 Å². The van der Waals surface area contributed by atoms with Gasteiger partial charge in [-0.15, -0.1) is 0 Å². The molecule has 2 aliphatic heterocycles. The lowest BCUT2D eigenvalue weighted by molar-refractivity contribution is -0.132. The van der Waals surface area contributed by atoms with Gasteiger partial charge in [-0.25, -0.2) is 4.39 Å². The predicted octanol–water partition coefficient (Wildman–Crippen LogP) is 2.87. The van der Waals surface area contributed by atoms with E-state index < -0.39 is 0 Å². The zero-order valence-corrected chi connectivity index (χ0v) is 15.0. The molecule has 0 bridgehead atoms. The van der Waals surface area contributed by atoms with Gasteiger partial charge in [-0.3, -0.25) is 4.79 Å². The first-order chi connectivity index (χ1) is 12.5. The highest BCUT2D eigenvalue weighted by Gasteiger charge is 2.40. The molecule has 2 aromatic carbocycles. The van der Waals surface area contributed by atoms with Crippen LogP contribution in [0.1, 0.15) is 34.1 Å². The van der Waals surface area contributed by atoms with Crippen LogP contribution in [0.5, 0.6) is 5.75 Å². The predicted molar refractivity (Wildman–Crippen MR) is 97.8 cm³/mol. The number of hydrogen-bond acceptors (Lipinski definition) is 3. The van der Waals surface area contributed by atoms with Crippen LogP contribution in [0.15, 0.2) is 36.4 Å². The van der Waals surface area contributed by atoms with Crippen LogP contribution in [0.4, 0.5) is 4.39 Å². The number of halogens is 1. The average Bonchev–Trinajstić information content (AvgIpc) is 3.19. The molecule has 2 aliphatic rings. The van der Waals surface area contributed by atoms with Gasteiger partial charge in [-0.1, -0.05) is 24.3 Å². The van der Waals surface area contributed by atoms with Gasteiger partial charge in [-0.05, 0) is 42.7 Å². The van der Waals surface area contributed by atoms with Crippen molar-refractivity contribution in [3.63, 3.8) is 0 Å². The van der Waals surface area contributed by atoms with Crippen molar-refractivity contribution in [3.05, 3.63) is 64.5 Å². The number of likely N-dealkylation sites (tertiary alicyclic amines) is 1. The minimum atomic E-state index is -0.309. The van der Waals surface area contributed by atoms with Crippen molar-refractivity contribution in [3.8, 4) is 5.75 Å². The molecule has 0 aliphatic carbocycles. The smallest absolute Gasteiger partial charge is 0.233 e. The summed E-state index contributed by atoms with van der Waals surface area (Å²) < 4.78 is 19.9. The molecule has 3 atom stereocenters. The Labute approximate surface area is 152 Å². The number of hydrogen-bond donors (Lipinski definition) is 1. The topological polar surface area (TPSA) is 55.6 Å². The molecule has 1 amide bonds. The minimum Gasteiger partial charge on any atom is -0.492 e. The summed E-state index contributed by atoms with van der Waals surface area (Å²) >= 11 is 0. The Hall–Kier alpha value is -2.40. The van der Waals surface area contributed by atoms with Crippen LogP contribution in [0.25, 0.3) is 0 Å². The molecule has 5 heteroatoms. The van der Waals surface area contributed by atoms with Gasteiger partial charge in [0.25, 0.3) is 0 Å². The molecule has 0 radical (unpaired) electrons. The van der Waals surface area contributed by atoms with Gasteiger partial charge < -0.3 is 15.4 Å². The molecule has 26 heavy (non-hydrogen) atoms. The largest absolute Gasteiger partial charge is 0.492 e. The van der Waals surface area contributed by atoms with Gasteiger partial charge in [-0.2, -0.15) is 0 Å². The van der Waals surface area contributed by atoms with Gasteiger partial charge in [0.15, 0.2) is 0 Å². The number of carbonyl (C=O) groups excluding carboxylic acids is 1. The summed E-state index contributed by atoms with van der Waals surface area (Å²) in [5.74, 6) is 0.0577. The Bertz CT molecular complexity index is 867. The molecule has 1 unspecified atom stereocenters. The van der Waals surface area contributed by atoms with Crippen molar-refractivity contribution >= 4 is 5.91 Å². The molecule has 0 saturated carbocycles. The number of ether oxygens (including phenoxy) is 1. The summed E-state index contributed by atoms with van der Waals surface area (Å²) in [4.78, 5) is 14.9. The van der Waals surface area contributed by atoms with E-state index in [0.717, 1.165) is 22.4 Å². The third-order valence-electron chi connectivity index (χ3n) is 5.69. The fourth-order valence-electron chi connectivity index (χ4n) is 4.01. The molecule has 2 heterocycles. The zero-order valence-electron chi connectivity index (χ0n) is 15.0. The fraction of sp³-hybridized carbons (Fsp3) is 0.381. The number of nitrogens with zero attached hydrogens (tertiary/aromatic N) is 1. The maximum absolute atomic E-state index is 14.1. The Morgan fingerprint density at radius 3 is 2.65 bits per heavy atom. The van der Waals surface area contributed by atoms with Gasteiger partial charge in [0.2, 0.25) is 5.91 Å². The van der Waals surface area contributed by atoms with Crippen LogP contribution in [-0.4, -0.2) is 36.5 Å². The number of benzene rings is 2. The maximum Gasteiger partial charge on any atom is 0.233 e. The minimum absolute atomic E-state index is 0.0151. The molecule has 4 rings (SSSR count). The molecular weight excluding hydrogens is 331 g/mol. The summed E-state index contributed by atoms with van der Waals surface area (Å²) in [7, 11) is 0. The lowest BCUT2D eigenvalue weighted by atomic mass is 9.94. The Morgan fingerprint density at radius 2 is 1.88 bits per heavy atom. The average molecular weight is 354 g/mol. The summed E-state index contributed by atoms with van der Waals surface area (Å²) in [5.41, 5.74) is 10.1. The first-order valence-electron chi connectivity index (χ1n) is 8.98. The first kappa shape index (κ1) is 17.0. The van der Waals surface area contributed by atoms with Gasteiger partial charge in [0.05, 0.1) is 0 Å². The lowest BCUT2D eigenvalue weighted by Gasteiger charge is -2.20. The number of nitrogens with two attached hydrogens (primary N) is 1. The summed E-state index contributed by atoms with van der Waals surface area (Å²) in [6, 6.07) is 10.5. The highest BCUT2D eigenvalue weighted by atomic mass is 19.1. The molecule has 136 valence electrons. The third-order valence-corrected chi connectivity index (χ3v) is 5.69. The number of amides is 1.